The third-order valence-corrected chi connectivity index (χ3v) is 5.05. The van der Waals surface area contributed by atoms with E-state index in [-0.39, 0.29) is 18.2 Å². The van der Waals surface area contributed by atoms with E-state index >= 15 is 0 Å². The molecule has 0 fully saturated rings. The highest BCUT2D eigenvalue weighted by Crippen LogP contribution is 2.29. The van der Waals surface area contributed by atoms with Gasteiger partial charge in [-0.25, -0.2) is 4.98 Å². The third-order valence-electron chi connectivity index (χ3n) is 3.56. The lowest BCUT2D eigenvalue weighted by Crippen LogP contribution is -2.15. The van der Waals surface area contributed by atoms with Crippen molar-refractivity contribution in [3.63, 3.8) is 0 Å². The van der Waals surface area contributed by atoms with E-state index in [0.29, 0.717) is 33.6 Å². The first-order valence-corrected chi connectivity index (χ1v) is 9.71. The molecule has 0 aliphatic carbocycles. The number of hydrogen-bond acceptors (Lipinski definition) is 7. The lowest BCUT2D eigenvalue weighted by molar-refractivity contribution is -0.115. The minimum absolute atomic E-state index is 0.0964. The fourth-order valence-electron chi connectivity index (χ4n) is 2.29. The number of thiophene rings is 1. The molecule has 2 amide bonds. The zero-order chi connectivity index (χ0) is 19.2. The standard InChI is InChI=1S/C18H17N3O4S2/c1-24-14-4-3-12(7-15(14)25-2)19-16(22)8-13-10-27-18(20-13)21-17(23)11-5-6-26-9-11/h3-7,9-10H,8H2,1-2H3,(H,19,22)(H,20,21,23). The molecule has 0 saturated carbocycles. The molecule has 2 heterocycles. The summed E-state index contributed by atoms with van der Waals surface area (Å²) in [5.41, 5.74) is 1.76. The second kappa shape index (κ2) is 8.65. The summed E-state index contributed by atoms with van der Waals surface area (Å²) in [6.45, 7) is 0. The van der Waals surface area contributed by atoms with Gasteiger partial charge in [-0.05, 0) is 23.6 Å². The number of hydrogen-bond donors (Lipinski definition) is 2. The maximum absolute atomic E-state index is 12.2. The second-order valence-corrected chi connectivity index (χ2v) is 7.04. The van der Waals surface area contributed by atoms with Crippen molar-refractivity contribution in [2.24, 2.45) is 0 Å². The first-order chi connectivity index (χ1) is 13.1. The molecule has 140 valence electrons. The zero-order valence-electron chi connectivity index (χ0n) is 14.6. The highest BCUT2D eigenvalue weighted by molar-refractivity contribution is 7.14. The molecule has 0 aliphatic heterocycles. The lowest BCUT2D eigenvalue weighted by atomic mass is 10.2. The van der Waals surface area contributed by atoms with E-state index in [0.717, 1.165) is 0 Å². The second-order valence-electron chi connectivity index (χ2n) is 5.40. The fraction of sp³-hybridized carbons (Fsp3) is 0.167. The van der Waals surface area contributed by atoms with Crippen LogP contribution >= 0.6 is 22.7 Å². The number of rotatable bonds is 7. The molecular weight excluding hydrogens is 386 g/mol. The highest BCUT2D eigenvalue weighted by atomic mass is 32.1. The number of aromatic nitrogens is 1. The Bertz CT molecular complexity index is 938. The molecule has 0 saturated heterocycles. The van der Waals surface area contributed by atoms with Crippen molar-refractivity contribution in [1.82, 2.24) is 4.98 Å². The van der Waals surface area contributed by atoms with Crippen molar-refractivity contribution in [3.8, 4) is 11.5 Å². The number of amides is 2. The van der Waals surface area contributed by atoms with Gasteiger partial charge in [0.1, 0.15) is 0 Å². The maximum Gasteiger partial charge on any atom is 0.258 e. The summed E-state index contributed by atoms with van der Waals surface area (Å²) in [4.78, 5) is 28.6. The Hall–Kier alpha value is -2.91. The molecule has 0 spiro atoms. The number of carbonyl (C=O) groups excluding carboxylic acids is 2. The van der Waals surface area contributed by atoms with E-state index in [1.54, 1.807) is 42.1 Å². The average Bonchev–Trinajstić information content (AvgIpc) is 3.33. The molecule has 9 heteroatoms. The van der Waals surface area contributed by atoms with Gasteiger partial charge in [-0.2, -0.15) is 11.3 Å². The van der Waals surface area contributed by atoms with Crippen molar-refractivity contribution in [1.29, 1.82) is 0 Å². The Morgan fingerprint density at radius 2 is 1.89 bits per heavy atom. The van der Waals surface area contributed by atoms with Crippen LogP contribution in [0.3, 0.4) is 0 Å². The van der Waals surface area contributed by atoms with Crippen molar-refractivity contribution >= 4 is 45.3 Å². The third kappa shape index (κ3) is 4.83. The largest absolute Gasteiger partial charge is 0.493 e. The molecule has 0 atom stereocenters. The number of carbonyl (C=O) groups is 2. The number of nitrogens with zero attached hydrogens (tertiary/aromatic N) is 1. The fourth-order valence-corrected chi connectivity index (χ4v) is 3.63. The molecule has 0 radical (unpaired) electrons. The summed E-state index contributed by atoms with van der Waals surface area (Å²) in [5.74, 6) is 0.679. The van der Waals surface area contributed by atoms with Gasteiger partial charge < -0.3 is 14.8 Å². The highest BCUT2D eigenvalue weighted by Gasteiger charge is 2.12. The molecule has 3 aromatic rings. The van der Waals surface area contributed by atoms with Gasteiger partial charge >= 0.3 is 0 Å². The van der Waals surface area contributed by atoms with Gasteiger partial charge in [0.2, 0.25) is 5.91 Å². The quantitative estimate of drug-likeness (QED) is 0.628. The topological polar surface area (TPSA) is 89.6 Å². The van der Waals surface area contributed by atoms with Crippen molar-refractivity contribution in [2.45, 2.75) is 6.42 Å². The summed E-state index contributed by atoms with van der Waals surface area (Å²) in [6, 6.07) is 6.87. The predicted molar refractivity (Wildman–Crippen MR) is 106 cm³/mol. The van der Waals surface area contributed by atoms with Crippen molar-refractivity contribution in [3.05, 3.63) is 51.7 Å². The van der Waals surface area contributed by atoms with Gasteiger partial charge in [-0.15, -0.1) is 11.3 Å². The molecule has 0 bridgehead atoms. The molecule has 3 rings (SSSR count). The Labute approximate surface area is 164 Å². The Morgan fingerprint density at radius 3 is 2.59 bits per heavy atom. The number of ether oxygens (including phenoxy) is 2. The molecule has 0 unspecified atom stereocenters. The minimum atomic E-state index is -0.219. The Balaban J connectivity index is 1.58. The van der Waals surface area contributed by atoms with Crippen LogP contribution in [-0.2, 0) is 11.2 Å². The van der Waals surface area contributed by atoms with Crippen LogP contribution in [-0.4, -0.2) is 31.0 Å². The summed E-state index contributed by atoms with van der Waals surface area (Å²) >= 11 is 2.73. The number of thiazole rings is 1. The molecule has 2 N–H and O–H groups in total. The summed E-state index contributed by atoms with van der Waals surface area (Å²) in [5, 5.41) is 11.3. The summed E-state index contributed by atoms with van der Waals surface area (Å²) < 4.78 is 10.4. The van der Waals surface area contributed by atoms with Gasteiger partial charge in [0, 0.05) is 22.5 Å². The van der Waals surface area contributed by atoms with Gasteiger partial charge in [-0.3, -0.25) is 14.9 Å². The van der Waals surface area contributed by atoms with E-state index in [4.69, 9.17) is 9.47 Å². The molecule has 2 aromatic heterocycles. The molecule has 1 aromatic carbocycles. The number of anilines is 2. The normalized spacial score (nSPS) is 10.3. The molecule has 7 nitrogen and oxygen atoms in total. The predicted octanol–water partition coefficient (Wildman–Crippen LogP) is 3.66. The molecule has 0 aliphatic rings. The van der Waals surface area contributed by atoms with E-state index in [2.05, 4.69) is 15.6 Å². The van der Waals surface area contributed by atoms with Gasteiger partial charge in [0.05, 0.1) is 31.9 Å². The maximum atomic E-state index is 12.2. The average molecular weight is 403 g/mol. The van der Waals surface area contributed by atoms with Crippen LogP contribution < -0.4 is 20.1 Å². The van der Waals surface area contributed by atoms with Crippen LogP contribution in [0, 0.1) is 0 Å². The van der Waals surface area contributed by atoms with E-state index in [1.165, 1.54) is 29.8 Å². The first kappa shape index (κ1) is 18.9. The van der Waals surface area contributed by atoms with Crippen LogP contribution in [0.5, 0.6) is 11.5 Å². The molecular formula is C18H17N3O4S2. The van der Waals surface area contributed by atoms with Crippen molar-refractivity contribution in [2.75, 3.05) is 24.9 Å². The number of methoxy groups -OCH3 is 2. The van der Waals surface area contributed by atoms with Crippen LogP contribution in [0.25, 0.3) is 0 Å². The van der Waals surface area contributed by atoms with Crippen LogP contribution in [0.15, 0.2) is 40.4 Å². The van der Waals surface area contributed by atoms with Crippen molar-refractivity contribution < 1.29 is 19.1 Å². The monoisotopic (exact) mass is 403 g/mol. The van der Waals surface area contributed by atoms with Gasteiger partial charge in [0.15, 0.2) is 16.6 Å². The Morgan fingerprint density at radius 1 is 1.07 bits per heavy atom. The first-order valence-electron chi connectivity index (χ1n) is 7.89. The zero-order valence-corrected chi connectivity index (χ0v) is 16.3. The van der Waals surface area contributed by atoms with E-state index in [9.17, 15) is 9.59 Å². The number of nitrogens with one attached hydrogen (secondary N) is 2. The SMILES string of the molecule is COc1ccc(NC(=O)Cc2csc(NC(=O)c3ccsc3)n2)cc1OC. The van der Waals surface area contributed by atoms with E-state index in [1.807, 2.05) is 5.38 Å². The van der Waals surface area contributed by atoms with Crippen LogP contribution in [0.2, 0.25) is 0 Å². The van der Waals surface area contributed by atoms with Gasteiger partial charge in [-0.1, -0.05) is 0 Å². The summed E-state index contributed by atoms with van der Waals surface area (Å²) in [7, 11) is 3.08. The Kier molecular flexibility index (Phi) is 6.05. The van der Waals surface area contributed by atoms with Gasteiger partial charge in [0.25, 0.3) is 5.91 Å². The molecule has 27 heavy (non-hydrogen) atoms. The lowest BCUT2D eigenvalue weighted by Gasteiger charge is -2.10. The van der Waals surface area contributed by atoms with E-state index < -0.39 is 0 Å². The van der Waals surface area contributed by atoms with Crippen LogP contribution in [0.4, 0.5) is 10.8 Å². The number of benzene rings is 1. The minimum Gasteiger partial charge on any atom is -0.493 e. The van der Waals surface area contributed by atoms with Crippen LogP contribution in [0.1, 0.15) is 16.1 Å². The smallest absolute Gasteiger partial charge is 0.258 e. The summed E-state index contributed by atoms with van der Waals surface area (Å²) in [6.07, 6.45) is 0.0964.